The summed E-state index contributed by atoms with van der Waals surface area (Å²) in [5.74, 6) is 2.64. The number of rotatable bonds is 13. The van der Waals surface area contributed by atoms with Gasteiger partial charge in [0, 0.05) is 85.9 Å². The van der Waals surface area contributed by atoms with E-state index >= 15 is 4.39 Å². The van der Waals surface area contributed by atoms with Crippen LogP contribution < -0.4 is 31.3 Å². The third-order valence-electron chi connectivity index (χ3n) is 19.9. The molecular formula is C65H77FN15O4+. The van der Waals surface area contributed by atoms with E-state index in [2.05, 4.69) is 70.7 Å². The summed E-state index contributed by atoms with van der Waals surface area (Å²) < 4.78 is 27.8. The van der Waals surface area contributed by atoms with Gasteiger partial charge in [-0.1, -0.05) is 55.3 Å². The Morgan fingerprint density at radius 1 is 0.718 bits per heavy atom. The molecular weight excluding hydrogens is 1070 g/mol. The summed E-state index contributed by atoms with van der Waals surface area (Å²) in [4.78, 5) is 47.9. The number of carbonyl (C=O) groups is 2. The number of piperidine rings is 2. The van der Waals surface area contributed by atoms with Crippen molar-refractivity contribution in [3.63, 3.8) is 0 Å². The van der Waals surface area contributed by atoms with E-state index in [0.29, 0.717) is 66.6 Å². The van der Waals surface area contributed by atoms with Crippen LogP contribution in [-0.2, 0) is 22.4 Å². The van der Waals surface area contributed by atoms with Crippen LogP contribution in [-0.4, -0.2) is 139 Å². The molecule has 7 N–H and O–H groups in total. The molecule has 5 unspecified atom stereocenters. The molecule has 3 aromatic heterocycles. The van der Waals surface area contributed by atoms with Crippen LogP contribution in [0.15, 0.2) is 116 Å². The largest absolute Gasteiger partial charge is 0.493 e. The lowest BCUT2D eigenvalue weighted by Crippen LogP contribution is -2.89. The van der Waals surface area contributed by atoms with Gasteiger partial charge in [0.05, 0.1) is 62.1 Å². The molecule has 7 aromatic rings. The molecule has 5 fully saturated rings. The Hall–Kier alpha value is -7.62. The Labute approximate surface area is 495 Å². The maximum atomic E-state index is 15.1. The number of aromatic amines is 2. The van der Waals surface area contributed by atoms with Crippen molar-refractivity contribution in [1.29, 1.82) is 0 Å². The van der Waals surface area contributed by atoms with Gasteiger partial charge in [-0.15, -0.1) is 0 Å². The van der Waals surface area contributed by atoms with E-state index in [-0.39, 0.29) is 35.9 Å². The van der Waals surface area contributed by atoms with Crippen molar-refractivity contribution in [2.45, 2.75) is 131 Å². The molecule has 10 heterocycles. The van der Waals surface area contributed by atoms with Crippen molar-refractivity contribution in [3.8, 4) is 17.1 Å². The molecule has 2 amide bonds. The average molecular weight is 1150 g/mol. The minimum Gasteiger partial charge on any atom is -0.493 e. The maximum Gasteiger partial charge on any atom is 0.251 e. The van der Waals surface area contributed by atoms with Gasteiger partial charge < -0.3 is 40.1 Å². The minimum absolute atomic E-state index is 0.0159. The van der Waals surface area contributed by atoms with Crippen LogP contribution in [0, 0.1) is 5.82 Å². The second-order valence-corrected chi connectivity index (χ2v) is 24.9. The molecule has 7 aliphatic rings. The predicted octanol–water partition coefficient (Wildman–Crippen LogP) is 8.80. The van der Waals surface area contributed by atoms with E-state index < -0.39 is 17.1 Å². The number of nitrogens with one attached hydrogen (secondary N) is 7. The third-order valence-corrected chi connectivity index (χ3v) is 19.9. The number of carbonyl (C=O) groups excluding carboxylic acids is 2. The first-order valence-electron chi connectivity index (χ1n) is 30.9. The quantitative estimate of drug-likeness (QED) is 0.0538. The number of benzene rings is 4. The molecule has 0 saturated carbocycles. The highest BCUT2D eigenvalue weighted by atomic mass is 19.1. The van der Waals surface area contributed by atoms with Crippen molar-refractivity contribution in [2.24, 2.45) is 0 Å². The summed E-state index contributed by atoms with van der Waals surface area (Å²) in [5.41, 5.74) is 4.95. The van der Waals surface area contributed by atoms with Crippen molar-refractivity contribution in [1.82, 2.24) is 61.1 Å². The van der Waals surface area contributed by atoms with Gasteiger partial charge in [0.2, 0.25) is 0 Å². The smallest absolute Gasteiger partial charge is 0.251 e. The molecule has 4 aromatic carbocycles. The molecule has 14 rings (SSSR count). The molecule has 1 spiro atoms. The van der Waals surface area contributed by atoms with Gasteiger partial charge in [0.1, 0.15) is 35.0 Å². The van der Waals surface area contributed by atoms with Gasteiger partial charge in [-0.25, -0.2) is 14.4 Å². The standard InChI is InChI=1S/C65H76FN15O4/c1-79-31-25-64(26-32-79,73-46-15-9-13-43(38-46)60(82)69-50-24-37-85-54-20-11-18-49(66)55(50)54)63-72-58(76-78-63)51-23-36-81-35-8-4-2-3-5-19-53(81)56(59(81)68-51)80-33-27-65(28-34-80,62-71-57(75-77-62)42-21-29-67-30-22-42)74-47-16-10-14-44(39-47)61(83)70-52-41-84-40-45-12-6-7-17-48(45)52/h6-7,9-18,20-22,29-30,38-39,50-53,56,59,68,73-74H,2-5,8,19,23-28,31-37,40-41H2,1H3,(H3-,67,69,70,71,72,75,76,77,78,82,83)/p+1/t50-,51?,52-,53?,56?,59?,81?/m1/s1. The van der Waals surface area contributed by atoms with E-state index in [1.165, 1.54) is 51.1 Å². The highest BCUT2D eigenvalue weighted by Gasteiger charge is 2.66. The number of quaternary nitrogens is 1. The summed E-state index contributed by atoms with van der Waals surface area (Å²) in [6.45, 7) is 6.98. The summed E-state index contributed by atoms with van der Waals surface area (Å²) in [6.07, 6.45) is 15.8. The first kappa shape index (κ1) is 55.3. The van der Waals surface area contributed by atoms with Crippen LogP contribution in [0.2, 0.25) is 0 Å². The number of nitrogens with zero attached hydrogens (tertiary/aromatic N) is 8. The summed E-state index contributed by atoms with van der Waals surface area (Å²) in [5, 5.41) is 35.2. The molecule has 5 saturated heterocycles. The van der Waals surface area contributed by atoms with Crippen molar-refractivity contribution in [2.75, 3.05) is 70.2 Å². The zero-order chi connectivity index (χ0) is 57.5. The SMILES string of the molecule is CN1CCC(Nc2cccc(C(=O)N[C@@H]3CCOc4cccc(F)c43)c2)(c2n[nH]c(C3CC[N+]45CCCCCCCC4C(N4CCC(Nc6cccc(C(=O)N[C@@H]7COCc8ccccc87)c6)(c6nc(-c7ccncc7)n[nH]6)CC4)C5N3)n2)CC1. The molecule has 0 aliphatic carbocycles. The first-order valence-corrected chi connectivity index (χ1v) is 30.9. The van der Waals surface area contributed by atoms with E-state index in [4.69, 9.17) is 29.6 Å². The number of amides is 2. The van der Waals surface area contributed by atoms with Crippen LogP contribution in [0.3, 0.4) is 0 Å². The maximum absolute atomic E-state index is 15.1. The van der Waals surface area contributed by atoms with Gasteiger partial charge in [-0.3, -0.25) is 35.0 Å². The number of aromatic nitrogens is 7. The molecule has 0 radical (unpaired) electrons. The lowest BCUT2D eigenvalue weighted by atomic mass is 9.77. The third kappa shape index (κ3) is 10.7. The molecule has 19 nitrogen and oxygen atoms in total. The fraction of sp³-hybridized carbons (Fsp3) is 0.462. The molecule has 7 atom stereocenters. The molecule has 20 heteroatoms. The number of anilines is 2. The number of halogens is 1. The first-order chi connectivity index (χ1) is 41.6. The number of pyridine rings is 1. The Balaban J connectivity index is 0.708. The van der Waals surface area contributed by atoms with E-state index in [0.717, 1.165) is 115 Å². The monoisotopic (exact) mass is 1150 g/mol. The number of fused-ring (bicyclic) bond motifs is 2. The highest BCUT2D eigenvalue weighted by molar-refractivity contribution is 5.96. The average Bonchev–Trinajstić information content (AvgIpc) is 1.16. The highest BCUT2D eigenvalue weighted by Crippen LogP contribution is 2.49. The van der Waals surface area contributed by atoms with Gasteiger partial charge in [-0.05, 0) is 124 Å². The molecule has 442 valence electrons. The van der Waals surface area contributed by atoms with Crippen molar-refractivity contribution in [3.05, 3.63) is 167 Å². The number of hydrogen-bond acceptors (Lipinski definition) is 14. The summed E-state index contributed by atoms with van der Waals surface area (Å²) in [7, 11) is 2.15. The van der Waals surface area contributed by atoms with Crippen LogP contribution in [0.5, 0.6) is 5.75 Å². The Morgan fingerprint density at radius 3 is 2.24 bits per heavy atom. The van der Waals surface area contributed by atoms with E-state index in [1.807, 2.05) is 66.7 Å². The Morgan fingerprint density at radius 2 is 1.44 bits per heavy atom. The van der Waals surface area contributed by atoms with E-state index in [9.17, 15) is 9.59 Å². The van der Waals surface area contributed by atoms with Crippen molar-refractivity contribution < 1.29 is 27.9 Å². The van der Waals surface area contributed by atoms with Gasteiger partial charge in [0.25, 0.3) is 11.8 Å². The zero-order valence-corrected chi connectivity index (χ0v) is 48.4. The van der Waals surface area contributed by atoms with Gasteiger partial charge >= 0.3 is 0 Å². The molecule has 7 aliphatic heterocycles. The number of ether oxygens (including phenoxy) is 2. The summed E-state index contributed by atoms with van der Waals surface area (Å²) in [6, 6.07) is 32.3. The lowest BCUT2D eigenvalue weighted by molar-refractivity contribution is -1.03. The van der Waals surface area contributed by atoms with E-state index in [1.54, 1.807) is 30.6 Å². The van der Waals surface area contributed by atoms with Crippen LogP contribution in [0.25, 0.3) is 11.4 Å². The lowest BCUT2D eigenvalue weighted by Gasteiger charge is -2.68. The second kappa shape index (κ2) is 23.3. The fourth-order valence-corrected chi connectivity index (χ4v) is 15.3. The predicted molar refractivity (Wildman–Crippen MR) is 320 cm³/mol. The number of likely N-dealkylation sites (tertiary alicyclic amines) is 2. The fourth-order valence-electron chi connectivity index (χ4n) is 15.3. The number of H-pyrrole nitrogens is 2. The van der Waals surface area contributed by atoms with Crippen LogP contribution >= 0.6 is 0 Å². The Bertz CT molecular complexity index is 3530. The molecule has 85 heavy (non-hydrogen) atoms. The Kier molecular flexibility index (Phi) is 15.2. The normalized spacial score (nSPS) is 26.4. The topological polar surface area (TPSA) is 215 Å². The van der Waals surface area contributed by atoms with Gasteiger partial charge in [0.15, 0.2) is 23.6 Å². The van der Waals surface area contributed by atoms with Crippen LogP contribution in [0.4, 0.5) is 15.8 Å². The van der Waals surface area contributed by atoms with Crippen molar-refractivity contribution >= 4 is 23.2 Å². The minimum atomic E-state index is -0.614. The summed E-state index contributed by atoms with van der Waals surface area (Å²) >= 11 is 0. The number of hydrogen-bond donors (Lipinski definition) is 7. The molecule has 0 bridgehead atoms. The van der Waals surface area contributed by atoms with Crippen LogP contribution in [0.1, 0.15) is 150 Å². The zero-order valence-electron chi connectivity index (χ0n) is 48.4. The second-order valence-electron chi connectivity index (χ2n) is 24.9. The van der Waals surface area contributed by atoms with Gasteiger partial charge in [-0.2, -0.15) is 10.2 Å².